The first-order valence-electron chi connectivity index (χ1n) is 5.48. The zero-order valence-electron chi connectivity index (χ0n) is 9.58. The van der Waals surface area contributed by atoms with Crippen LogP contribution in [0.3, 0.4) is 0 Å². The Morgan fingerprint density at radius 3 is 2.88 bits per heavy atom. The Hall–Kier alpha value is -1.59. The molecule has 1 unspecified atom stereocenters. The number of nitrogens with two attached hydrogens (primary N) is 1. The Morgan fingerprint density at radius 1 is 1.62 bits per heavy atom. The van der Waals surface area contributed by atoms with Crippen molar-refractivity contribution in [2.45, 2.75) is 39.2 Å². The molecule has 0 saturated heterocycles. The van der Waals surface area contributed by atoms with Crippen molar-refractivity contribution in [1.82, 2.24) is 20.5 Å². The van der Waals surface area contributed by atoms with Gasteiger partial charge in [-0.1, -0.05) is 20.3 Å². The van der Waals surface area contributed by atoms with Gasteiger partial charge >= 0.3 is 0 Å². The first kappa shape index (κ1) is 10.9. The Labute approximate surface area is 94.0 Å². The smallest absolute Gasteiger partial charge is 0.288 e. The van der Waals surface area contributed by atoms with E-state index in [1.54, 1.807) is 0 Å². The molecule has 88 valence electrons. The maximum absolute atomic E-state index is 11.8. The maximum Gasteiger partial charge on any atom is 0.288 e. The van der Waals surface area contributed by atoms with Gasteiger partial charge in [-0.2, -0.15) is 4.98 Å². The summed E-state index contributed by atoms with van der Waals surface area (Å²) in [6, 6.07) is 0.200. The molecule has 1 fully saturated rings. The monoisotopic (exact) mass is 223 g/mol. The lowest BCUT2D eigenvalue weighted by Gasteiger charge is -2.27. The molecule has 1 aliphatic rings. The summed E-state index contributed by atoms with van der Waals surface area (Å²) in [5.41, 5.74) is 5.50. The van der Waals surface area contributed by atoms with Gasteiger partial charge in [-0.15, -0.1) is 5.10 Å². The van der Waals surface area contributed by atoms with E-state index in [9.17, 15) is 4.79 Å². The average Bonchev–Trinajstić information content (AvgIpc) is 2.74. The predicted molar refractivity (Wildman–Crippen MR) is 59.7 cm³/mol. The van der Waals surface area contributed by atoms with Crippen LogP contribution in [0.4, 0.5) is 5.95 Å². The van der Waals surface area contributed by atoms with Crippen molar-refractivity contribution in [1.29, 1.82) is 0 Å². The summed E-state index contributed by atoms with van der Waals surface area (Å²) >= 11 is 0. The summed E-state index contributed by atoms with van der Waals surface area (Å²) in [4.78, 5) is 15.6. The third-order valence-corrected chi connectivity index (χ3v) is 3.28. The Balaban J connectivity index is 2.03. The van der Waals surface area contributed by atoms with Crippen LogP contribution in [0.5, 0.6) is 0 Å². The molecular weight excluding hydrogens is 206 g/mol. The van der Waals surface area contributed by atoms with Crippen molar-refractivity contribution < 1.29 is 4.79 Å². The number of carbonyl (C=O) groups excluding carboxylic acids is 1. The number of amides is 1. The average molecular weight is 223 g/mol. The molecule has 0 radical (unpaired) electrons. The molecule has 1 aromatic heterocycles. The first-order valence-corrected chi connectivity index (χ1v) is 5.48. The van der Waals surface area contributed by atoms with Crippen LogP contribution in [0.1, 0.15) is 43.7 Å². The molecule has 0 aromatic carbocycles. The molecule has 1 amide bonds. The number of hydrogen-bond acceptors (Lipinski definition) is 4. The summed E-state index contributed by atoms with van der Waals surface area (Å²) in [6.07, 6.45) is 3.30. The number of carbonyl (C=O) groups is 1. The second-order valence-electron chi connectivity index (χ2n) is 4.95. The van der Waals surface area contributed by atoms with Gasteiger partial charge in [0.15, 0.2) is 0 Å². The van der Waals surface area contributed by atoms with Crippen LogP contribution >= 0.6 is 0 Å². The van der Waals surface area contributed by atoms with Gasteiger partial charge in [0.05, 0.1) is 0 Å². The fourth-order valence-corrected chi connectivity index (χ4v) is 2.20. The number of anilines is 1. The molecule has 1 aliphatic carbocycles. The number of aromatic amines is 1. The molecule has 0 bridgehead atoms. The molecule has 4 N–H and O–H groups in total. The van der Waals surface area contributed by atoms with Crippen LogP contribution in [-0.2, 0) is 0 Å². The second-order valence-corrected chi connectivity index (χ2v) is 4.95. The zero-order valence-corrected chi connectivity index (χ0v) is 9.58. The number of nitrogen functional groups attached to an aromatic ring is 1. The first-order chi connectivity index (χ1) is 7.49. The van der Waals surface area contributed by atoms with E-state index in [2.05, 4.69) is 34.3 Å². The van der Waals surface area contributed by atoms with Gasteiger partial charge in [0, 0.05) is 6.04 Å². The Kier molecular flexibility index (Phi) is 2.57. The molecule has 6 nitrogen and oxygen atoms in total. The van der Waals surface area contributed by atoms with E-state index in [0.717, 1.165) is 19.3 Å². The van der Waals surface area contributed by atoms with E-state index in [1.807, 2.05) is 0 Å². The quantitative estimate of drug-likeness (QED) is 0.687. The van der Waals surface area contributed by atoms with E-state index in [-0.39, 0.29) is 29.1 Å². The minimum atomic E-state index is -0.232. The number of aromatic nitrogens is 3. The highest BCUT2D eigenvalue weighted by Crippen LogP contribution is 2.37. The van der Waals surface area contributed by atoms with Crippen molar-refractivity contribution in [3.05, 3.63) is 5.82 Å². The fraction of sp³-hybridized carbons (Fsp3) is 0.700. The number of nitrogens with zero attached hydrogens (tertiary/aromatic N) is 2. The van der Waals surface area contributed by atoms with Gasteiger partial charge in [-0.3, -0.25) is 9.89 Å². The molecule has 16 heavy (non-hydrogen) atoms. The molecule has 1 aromatic rings. The van der Waals surface area contributed by atoms with E-state index in [1.165, 1.54) is 0 Å². The van der Waals surface area contributed by atoms with Crippen LogP contribution in [0, 0.1) is 5.41 Å². The number of H-pyrrole nitrogens is 1. The maximum atomic E-state index is 11.8. The van der Waals surface area contributed by atoms with E-state index in [0.29, 0.717) is 0 Å². The highest BCUT2D eigenvalue weighted by atomic mass is 16.2. The molecule has 1 saturated carbocycles. The highest BCUT2D eigenvalue weighted by molar-refractivity contribution is 5.90. The third-order valence-electron chi connectivity index (χ3n) is 3.28. The SMILES string of the molecule is CC1(C)CCCC1NC(=O)c1nc(N)n[nH]1. The number of hydrogen-bond donors (Lipinski definition) is 3. The van der Waals surface area contributed by atoms with Crippen LogP contribution < -0.4 is 11.1 Å². The second kappa shape index (κ2) is 3.77. The minimum Gasteiger partial charge on any atom is -0.366 e. The normalized spacial score (nSPS) is 23.2. The number of nitrogens with one attached hydrogen (secondary N) is 2. The lowest BCUT2D eigenvalue weighted by Crippen LogP contribution is -2.41. The fourth-order valence-electron chi connectivity index (χ4n) is 2.20. The molecular formula is C10H17N5O. The topological polar surface area (TPSA) is 96.7 Å². The zero-order chi connectivity index (χ0) is 11.8. The standard InChI is InChI=1S/C10H17N5O/c1-10(2)5-3-4-6(10)12-8(16)7-13-9(11)15-14-7/h6H,3-5H2,1-2H3,(H,12,16)(H3,11,13,14,15). The Bertz CT molecular complexity index is 398. The van der Waals surface area contributed by atoms with Gasteiger partial charge < -0.3 is 11.1 Å². The van der Waals surface area contributed by atoms with Gasteiger partial charge in [0.2, 0.25) is 11.8 Å². The largest absolute Gasteiger partial charge is 0.366 e. The van der Waals surface area contributed by atoms with E-state index >= 15 is 0 Å². The van der Waals surface area contributed by atoms with Crippen molar-refractivity contribution in [2.75, 3.05) is 5.73 Å². The van der Waals surface area contributed by atoms with Gasteiger partial charge in [0.1, 0.15) is 0 Å². The molecule has 1 heterocycles. The predicted octanol–water partition coefficient (Wildman–Crippen LogP) is 0.695. The van der Waals surface area contributed by atoms with Crippen molar-refractivity contribution in [3.8, 4) is 0 Å². The summed E-state index contributed by atoms with van der Waals surface area (Å²) < 4.78 is 0. The van der Waals surface area contributed by atoms with Crippen LogP contribution in [0.15, 0.2) is 0 Å². The number of rotatable bonds is 2. The van der Waals surface area contributed by atoms with Crippen molar-refractivity contribution >= 4 is 11.9 Å². The van der Waals surface area contributed by atoms with Crippen LogP contribution in [0.2, 0.25) is 0 Å². The van der Waals surface area contributed by atoms with Gasteiger partial charge in [-0.05, 0) is 18.3 Å². The lowest BCUT2D eigenvalue weighted by atomic mass is 9.87. The minimum absolute atomic E-state index is 0.0934. The summed E-state index contributed by atoms with van der Waals surface area (Å²) in [5.74, 6) is 0.0419. The van der Waals surface area contributed by atoms with E-state index in [4.69, 9.17) is 5.73 Å². The van der Waals surface area contributed by atoms with Crippen LogP contribution in [0.25, 0.3) is 0 Å². The van der Waals surface area contributed by atoms with Crippen LogP contribution in [-0.4, -0.2) is 27.1 Å². The summed E-state index contributed by atoms with van der Waals surface area (Å²) in [7, 11) is 0. The molecule has 0 spiro atoms. The Morgan fingerprint density at radius 2 is 2.38 bits per heavy atom. The molecule has 2 rings (SSSR count). The third kappa shape index (κ3) is 2.00. The van der Waals surface area contributed by atoms with Gasteiger partial charge in [0.25, 0.3) is 5.91 Å². The highest BCUT2D eigenvalue weighted by Gasteiger charge is 2.35. The van der Waals surface area contributed by atoms with Gasteiger partial charge in [-0.25, -0.2) is 0 Å². The molecule has 6 heteroatoms. The summed E-state index contributed by atoms with van der Waals surface area (Å²) in [6.45, 7) is 4.33. The van der Waals surface area contributed by atoms with E-state index < -0.39 is 0 Å². The van der Waals surface area contributed by atoms with Crippen molar-refractivity contribution in [3.63, 3.8) is 0 Å². The molecule has 1 atom stereocenters. The summed E-state index contributed by atoms with van der Waals surface area (Å²) in [5, 5.41) is 9.11. The van der Waals surface area contributed by atoms with Crippen molar-refractivity contribution in [2.24, 2.45) is 5.41 Å². The lowest BCUT2D eigenvalue weighted by molar-refractivity contribution is 0.0900. The molecule has 0 aliphatic heterocycles.